The highest BCUT2D eigenvalue weighted by molar-refractivity contribution is 7.89. The van der Waals surface area contributed by atoms with Crippen LogP contribution in [0.15, 0.2) is 16.8 Å². The van der Waals surface area contributed by atoms with E-state index in [0.29, 0.717) is 6.54 Å². The fourth-order valence-electron chi connectivity index (χ4n) is 3.23. The van der Waals surface area contributed by atoms with E-state index in [4.69, 9.17) is 0 Å². The molecule has 0 amide bonds. The van der Waals surface area contributed by atoms with Gasteiger partial charge in [0.25, 0.3) is 0 Å². The third-order valence-corrected chi connectivity index (χ3v) is 6.83. The summed E-state index contributed by atoms with van der Waals surface area (Å²) in [7, 11) is -3.00. The van der Waals surface area contributed by atoms with Gasteiger partial charge in [0.15, 0.2) is 0 Å². The first-order valence-electron chi connectivity index (χ1n) is 6.74. The van der Waals surface area contributed by atoms with Crippen molar-refractivity contribution in [2.24, 2.45) is 5.41 Å². The summed E-state index contributed by atoms with van der Waals surface area (Å²) in [5.41, 5.74) is 1.61. The van der Waals surface area contributed by atoms with Gasteiger partial charge in [-0.05, 0) is 35.7 Å². The van der Waals surface area contributed by atoms with E-state index in [9.17, 15) is 8.42 Å². The van der Waals surface area contributed by atoms with E-state index in [1.54, 1.807) is 22.6 Å². The summed E-state index contributed by atoms with van der Waals surface area (Å²) in [5, 5.41) is 4.30. The Hall–Kier alpha value is -0.430. The molecule has 0 N–H and O–H groups in total. The van der Waals surface area contributed by atoms with E-state index >= 15 is 0 Å². The molecule has 0 bridgehead atoms. The Morgan fingerprint density at radius 1 is 1.37 bits per heavy atom. The highest BCUT2D eigenvalue weighted by Gasteiger charge is 2.49. The molecule has 0 radical (unpaired) electrons. The molecule has 106 valence electrons. The summed E-state index contributed by atoms with van der Waals surface area (Å²) in [6.45, 7) is 6.25. The Kier molecular flexibility index (Phi) is 3.45. The summed E-state index contributed by atoms with van der Waals surface area (Å²) >= 11 is 1.73. The maximum absolute atomic E-state index is 11.9. The molecule has 3 heterocycles. The standard InChI is InChI=1S/C13H20N2O2S2/c1-2-19(16,17)15-5-4-13(11-15)9-14(10-13)7-12-3-6-18-8-12/h3,6,8H,2,4-5,7,9-11H2,1H3. The molecule has 4 nitrogen and oxygen atoms in total. The van der Waals surface area contributed by atoms with Crippen molar-refractivity contribution in [2.75, 3.05) is 31.9 Å². The second kappa shape index (κ2) is 4.84. The summed E-state index contributed by atoms with van der Waals surface area (Å²) in [6, 6.07) is 2.16. The summed E-state index contributed by atoms with van der Waals surface area (Å²) in [6.07, 6.45) is 1.02. The Labute approximate surface area is 119 Å². The number of hydrogen-bond donors (Lipinski definition) is 0. The Morgan fingerprint density at radius 2 is 2.16 bits per heavy atom. The van der Waals surface area contributed by atoms with Crippen LogP contribution in [0.4, 0.5) is 0 Å². The smallest absolute Gasteiger partial charge is 0.213 e. The molecule has 3 rings (SSSR count). The molecule has 19 heavy (non-hydrogen) atoms. The minimum atomic E-state index is -3.00. The number of thiophene rings is 1. The molecule has 1 aromatic heterocycles. The van der Waals surface area contributed by atoms with Gasteiger partial charge in [-0.2, -0.15) is 11.3 Å². The fourth-order valence-corrected chi connectivity index (χ4v) is 5.09. The van der Waals surface area contributed by atoms with Gasteiger partial charge in [-0.1, -0.05) is 0 Å². The van der Waals surface area contributed by atoms with Crippen LogP contribution in [-0.4, -0.2) is 49.6 Å². The second-order valence-electron chi connectivity index (χ2n) is 5.76. The van der Waals surface area contributed by atoms with Crippen molar-refractivity contribution in [1.29, 1.82) is 0 Å². The van der Waals surface area contributed by atoms with E-state index in [0.717, 1.165) is 32.6 Å². The predicted molar refractivity (Wildman–Crippen MR) is 77.7 cm³/mol. The molecule has 1 aromatic rings. The first-order chi connectivity index (χ1) is 9.03. The van der Waals surface area contributed by atoms with Crippen LogP contribution in [0.25, 0.3) is 0 Å². The maximum Gasteiger partial charge on any atom is 0.213 e. The van der Waals surface area contributed by atoms with Gasteiger partial charge in [-0.25, -0.2) is 12.7 Å². The molecule has 0 aromatic carbocycles. The van der Waals surface area contributed by atoms with Crippen LogP contribution in [0.1, 0.15) is 18.9 Å². The number of hydrogen-bond acceptors (Lipinski definition) is 4. The lowest BCUT2D eigenvalue weighted by molar-refractivity contribution is 0.00661. The monoisotopic (exact) mass is 300 g/mol. The quantitative estimate of drug-likeness (QED) is 0.848. The molecule has 6 heteroatoms. The van der Waals surface area contributed by atoms with E-state index < -0.39 is 10.0 Å². The van der Waals surface area contributed by atoms with Gasteiger partial charge in [0.1, 0.15) is 0 Å². The summed E-state index contributed by atoms with van der Waals surface area (Å²) in [4.78, 5) is 2.42. The van der Waals surface area contributed by atoms with Crippen molar-refractivity contribution in [3.63, 3.8) is 0 Å². The van der Waals surface area contributed by atoms with Gasteiger partial charge >= 0.3 is 0 Å². The van der Waals surface area contributed by atoms with Crippen LogP contribution in [0, 0.1) is 5.41 Å². The third kappa shape index (κ3) is 2.59. The van der Waals surface area contributed by atoms with Gasteiger partial charge in [-0.15, -0.1) is 0 Å². The molecule has 2 fully saturated rings. The maximum atomic E-state index is 11.9. The second-order valence-corrected chi connectivity index (χ2v) is 8.80. The van der Waals surface area contributed by atoms with Crippen molar-refractivity contribution in [1.82, 2.24) is 9.21 Å². The highest BCUT2D eigenvalue weighted by atomic mass is 32.2. The van der Waals surface area contributed by atoms with E-state index in [1.807, 2.05) is 0 Å². The molecule has 0 atom stereocenters. The average Bonchev–Trinajstić information content (AvgIpc) is 2.97. The first-order valence-corrected chi connectivity index (χ1v) is 9.29. The molecule has 1 spiro atoms. The first kappa shape index (κ1) is 13.5. The lowest BCUT2D eigenvalue weighted by Gasteiger charge is -2.48. The van der Waals surface area contributed by atoms with Gasteiger partial charge in [0, 0.05) is 38.1 Å². The third-order valence-electron chi connectivity index (χ3n) is 4.27. The zero-order chi connectivity index (χ0) is 13.5. The summed E-state index contributed by atoms with van der Waals surface area (Å²) in [5.74, 6) is 0.224. The molecule has 0 saturated carbocycles. The molecule has 2 aliphatic heterocycles. The molecule has 2 aliphatic rings. The number of rotatable bonds is 4. The molecule has 0 unspecified atom stereocenters. The minimum absolute atomic E-state index is 0.224. The van der Waals surface area contributed by atoms with Crippen LogP contribution in [0.3, 0.4) is 0 Å². The SMILES string of the molecule is CCS(=O)(=O)N1CCC2(CN(Cc3ccsc3)C2)C1. The predicted octanol–water partition coefficient (Wildman–Crippen LogP) is 1.61. The lowest BCUT2D eigenvalue weighted by atomic mass is 9.79. The van der Waals surface area contributed by atoms with Crippen LogP contribution in [-0.2, 0) is 16.6 Å². The van der Waals surface area contributed by atoms with Crippen molar-refractivity contribution >= 4 is 21.4 Å². The zero-order valence-corrected chi connectivity index (χ0v) is 12.8. The van der Waals surface area contributed by atoms with Gasteiger partial charge in [0.05, 0.1) is 5.75 Å². The minimum Gasteiger partial charge on any atom is -0.298 e. The normalized spacial score (nSPS) is 23.8. The fraction of sp³-hybridized carbons (Fsp3) is 0.692. The lowest BCUT2D eigenvalue weighted by Crippen LogP contribution is -2.57. The van der Waals surface area contributed by atoms with Gasteiger partial charge < -0.3 is 0 Å². The van der Waals surface area contributed by atoms with E-state index in [-0.39, 0.29) is 11.2 Å². The summed E-state index contributed by atoms with van der Waals surface area (Å²) < 4.78 is 25.5. The van der Waals surface area contributed by atoms with E-state index in [1.165, 1.54) is 5.56 Å². The van der Waals surface area contributed by atoms with Crippen LogP contribution < -0.4 is 0 Å². The Bertz CT molecular complexity index is 533. The highest BCUT2D eigenvalue weighted by Crippen LogP contribution is 2.41. The van der Waals surface area contributed by atoms with Crippen LogP contribution >= 0.6 is 11.3 Å². The number of nitrogens with zero attached hydrogens (tertiary/aromatic N) is 2. The zero-order valence-electron chi connectivity index (χ0n) is 11.2. The molecular formula is C13H20N2O2S2. The topological polar surface area (TPSA) is 40.6 Å². The van der Waals surface area contributed by atoms with Crippen LogP contribution in [0.2, 0.25) is 0 Å². The van der Waals surface area contributed by atoms with Gasteiger partial charge in [-0.3, -0.25) is 4.90 Å². The van der Waals surface area contributed by atoms with Crippen molar-refractivity contribution < 1.29 is 8.42 Å². The van der Waals surface area contributed by atoms with Crippen molar-refractivity contribution in [2.45, 2.75) is 19.9 Å². The molecular weight excluding hydrogens is 280 g/mol. The van der Waals surface area contributed by atoms with Gasteiger partial charge in [0.2, 0.25) is 10.0 Å². The number of likely N-dealkylation sites (tertiary alicyclic amines) is 1. The van der Waals surface area contributed by atoms with Crippen LogP contribution in [0.5, 0.6) is 0 Å². The largest absolute Gasteiger partial charge is 0.298 e. The molecule has 0 aliphatic carbocycles. The number of sulfonamides is 1. The van der Waals surface area contributed by atoms with Crippen molar-refractivity contribution in [3.05, 3.63) is 22.4 Å². The molecule has 2 saturated heterocycles. The van der Waals surface area contributed by atoms with E-state index in [2.05, 4.69) is 21.7 Å². The Morgan fingerprint density at radius 3 is 2.79 bits per heavy atom. The van der Waals surface area contributed by atoms with Crippen molar-refractivity contribution in [3.8, 4) is 0 Å². The average molecular weight is 300 g/mol. The Balaban J connectivity index is 1.56.